The number of aliphatic imine (C=N–C) groups is 1. The van der Waals surface area contributed by atoms with E-state index in [-0.39, 0.29) is 23.5 Å². The van der Waals surface area contributed by atoms with Crippen LogP contribution in [0.15, 0.2) is 23.2 Å². The molecule has 1 fully saturated rings. The number of methoxy groups -OCH3 is 1. The van der Waals surface area contributed by atoms with Gasteiger partial charge in [0.05, 0.1) is 13.7 Å². The van der Waals surface area contributed by atoms with Gasteiger partial charge in [0.2, 0.25) is 0 Å². The Labute approximate surface area is 168 Å². The SMILES string of the molecule is CN=C(NCc1ccc(OCC(F)(F)F)c(OC)c1)NCC1(CCO)CCOC1. The standard InChI is InChI=1S/C19H28F3N3O4/c1-23-17(25-11-18(5-7-26)6-8-28-12-18)24-10-14-3-4-15(16(9-14)27-2)29-13-19(20,21)22/h3-4,9,26H,5-8,10-13H2,1-2H3,(H2,23,24,25). The maximum Gasteiger partial charge on any atom is 0.422 e. The number of benzene rings is 1. The molecule has 0 saturated carbocycles. The fourth-order valence-corrected chi connectivity index (χ4v) is 3.09. The smallest absolute Gasteiger partial charge is 0.422 e. The van der Waals surface area contributed by atoms with E-state index in [1.165, 1.54) is 13.2 Å². The lowest BCUT2D eigenvalue weighted by atomic mass is 9.84. The molecule has 1 saturated heterocycles. The molecule has 1 unspecified atom stereocenters. The summed E-state index contributed by atoms with van der Waals surface area (Å²) in [6.07, 6.45) is -2.90. The van der Waals surface area contributed by atoms with Crippen molar-refractivity contribution in [1.82, 2.24) is 10.6 Å². The quantitative estimate of drug-likeness (QED) is 0.420. The lowest BCUT2D eigenvalue weighted by Crippen LogP contribution is -2.44. The number of nitrogens with zero attached hydrogens (tertiary/aromatic N) is 1. The first kappa shape index (κ1) is 23.1. The number of hydrogen-bond acceptors (Lipinski definition) is 5. The molecule has 0 spiro atoms. The van der Waals surface area contributed by atoms with E-state index in [0.717, 1.165) is 12.0 Å². The third kappa shape index (κ3) is 7.28. The fourth-order valence-electron chi connectivity index (χ4n) is 3.09. The summed E-state index contributed by atoms with van der Waals surface area (Å²) in [5, 5.41) is 15.7. The van der Waals surface area contributed by atoms with Crippen LogP contribution >= 0.6 is 0 Å². The van der Waals surface area contributed by atoms with Gasteiger partial charge in [-0.15, -0.1) is 0 Å². The van der Waals surface area contributed by atoms with Crippen LogP contribution < -0.4 is 20.1 Å². The van der Waals surface area contributed by atoms with Gasteiger partial charge in [0, 0.05) is 38.8 Å². The summed E-state index contributed by atoms with van der Waals surface area (Å²) in [7, 11) is 3.02. The molecule has 0 aromatic heterocycles. The normalized spacial score (nSPS) is 19.9. The van der Waals surface area contributed by atoms with Crippen molar-refractivity contribution in [2.45, 2.75) is 25.6 Å². The predicted molar refractivity (Wildman–Crippen MR) is 102 cm³/mol. The van der Waals surface area contributed by atoms with Gasteiger partial charge < -0.3 is 30.0 Å². The fraction of sp³-hybridized carbons (Fsp3) is 0.632. The molecule has 0 aliphatic carbocycles. The van der Waals surface area contributed by atoms with Crippen molar-refractivity contribution in [3.05, 3.63) is 23.8 Å². The molecule has 1 aliphatic rings. The van der Waals surface area contributed by atoms with E-state index >= 15 is 0 Å². The van der Waals surface area contributed by atoms with E-state index in [1.54, 1.807) is 19.2 Å². The molecular weight excluding hydrogens is 391 g/mol. The predicted octanol–water partition coefficient (Wildman–Crippen LogP) is 2.09. The highest BCUT2D eigenvalue weighted by molar-refractivity contribution is 5.79. The molecule has 1 aromatic carbocycles. The number of aliphatic hydroxyl groups is 1. The molecule has 164 valence electrons. The van der Waals surface area contributed by atoms with Gasteiger partial charge in [-0.25, -0.2) is 0 Å². The van der Waals surface area contributed by atoms with Crippen LogP contribution in [0.1, 0.15) is 18.4 Å². The second-order valence-corrected chi connectivity index (χ2v) is 6.94. The van der Waals surface area contributed by atoms with Crippen LogP contribution in [0.2, 0.25) is 0 Å². The van der Waals surface area contributed by atoms with Gasteiger partial charge in [0.15, 0.2) is 24.1 Å². The van der Waals surface area contributed by atoms with Crippen molar-refractivity contribution in [2.24, 2.45) is 10.4 Å². The van der Waals surface area contributed by atoms with Crippen molar-refractivity contribution in [3.63, 3.8) is 0 Å². The van der Waals surface area contributed by atoms with Gasteiger partial charge in [-0.1, -0.05) is 6.07 Å². The first-order valence-electron chi connectivity index (χ1n) is 9.30. The highest BCUT2D eigenvalue weighted by Gasteiger charge is 2.34. The molecular formula is C19H28F3N3O4. The average molecular weight is 419 g/mol. The van der Waals surface area contributed by atoms with Crippen molar-refractivity contribution in [1.29, 1.82) is 0 Å². The summed E-state index contributed by atoms with van der Waals surface area (Å²) < 4.78 is 52.4. The monoisotopic (exact) mass is 419 g/mol. The Morgan fingerprint density at radius 2 is 2.10 bits per heavy atom. The minimum Gasteiger partial charge on any atom is -0.493 e. The lowest BCUT2D eigenvalue weighted by molar-refractivity contribution is -0.153. The van der Waals surface area contributed by atoms with E-state index in [1.807, 2.05) is 0 Å². The van der Waals surface area contributed by atoms with Crippen molar-refractivity contribution < 1.29 is 32.5 Å². The zero-order valence-electron chi connectivity index (χ0n) is 16.6. The molecule has 1 heterocycles. The third-order valence-corrected chi connectivity index (χ3v) is 4.76. The van der Waals surface area contributed by atoms with Gasteiger partial charge in [-0.2, -0.15) is 13.2 Å². The van der Waals surface area contributed by atoms with Gasteiger partial charge in [0.1, 0.15) is 0 Å². The van der Waals surface area contributed by atoms with Gasteiger partial charge >= 0.3 is 6.18 Å². The molecule has 1 atom stereocenters. The third-order valence-electron chi connectivity index (χ3n) is 4.76. The van der Waals surface area contributed by atoms with Crippen LogP contribution in [-0.4, -0.2) is 64.4 Å². The van der Waals surface area contributed by atoms with Crippen molar-refractivity contribution in [3.8, 4) is 11.5 Å². The summed E-state index contributed by atoms with van der Waals surface area (Å²) in [6, 6.07) is 4.72. The Hall–Kier alpha value is -2.20. The summed E-state index contributed by atoms with van der Waals surface area (Å²) in [6.45, 7) is 0.987. The molecule has 0 bridgehead atoms. The maximum absolute atomic E-state index is 12.3. The summed E-state index contributed by atoms with van der Waals surface area (Å²) >= 11 is 0. The molecule has 10 heteroatoms. The van der Waals surface area contributed by atoms with E-state index in [2.05, 4.69) is 15.6 Å². The van der Waals surface area contributed by atoms with Crippen molar-refractivity contribution >= 4 is 5.96 Å². The van der Waals surface area contributed by atoms with E-state index in [0.29, 0.717) is 38.7 Å². The molecule has 1 aromatic rings. The van der Waals surface area contributed by atoms with Crippen LogP contribution in [0.25, 0.3) is 0 Å². The summed E-state index contributed by atoms with van der Waals surface area (Å²) in [5.41, 5.74) is 0.672. The number of aliphatic hydroxyl groups excluding tert-OH is 1. The number of hydrogen-bond donors (Lipinski definition) is 3. The maximum atomic E-state index is 12.3. The van der Waals surface area contributed by atoms with Crippen LogP contribution in [0.4, 0.5) is 13.2 Å². The first-order valence-corrected chi connectivity index (χ1v) is 9.30. The number of halogens is 3. The van der Waals surface area contributed by atoms with Crippen LogP contribution in [-0.2, 0) is 11.3 Å². The Balaban J connectivity index is 1.91. The van der Waals surface area contributed by atoms with Crippen LogP contribution in [0, 0.1) is 5.41 Å². The topological polar surface area (TPSA) is 84.3 Å². The number of rotatable bonds is 9. The lowest BCUT2D eigenvalue weighted by Gasteiger charge is -2.27. The van der Waals surface area contributed by atoms with Crippen molar-refractivity contribution in [2.75, 3.05) is 47.1 Å². The van der Waals surface area contributed by atoms with Gasteiger partial charge in [-0.3, -0.25) is 4.99 Å². The van der Waals surface area contributed by atoms with Crippen LogP contribution in [0.5, 0.6) is 11.5 Å². The Kier molecular flexibility index (Phi) is 8.39. The molecule has 1 aliphatic heterocycles. The number of guanidine groups is 1. The molecule has 3 N–H and O–H groups in total. The molecule has 2 rings (SSSR count). The average Bonchev–Trinajstić information content (AvgIpc) is 3.15. The van der Waals surface area contributed by atoms with E-state index in [9.17, 15) is 18.3 Å². The molecule has 7 nitrogen and oxygen atoms in total. The number of nitrogens with one attached hydrogen (secondary N) is 2. The molecule has 29 heavy (non-hydrogen) atoms. The Morgan fingerprint density at radius 3 is 2.69 bits per heavy atom. The van der Waals surface area contributed by atoms with Gasteiger partial charge in [0.25, 0.3) is 0 Å². The second kappa shape index (κ2) is 10.5. The second-order valence-electron chi connectivity index (χ2n) is 6.94. The Morgan fingerprint density at radius 1 is 1.31 bits per heavy atom. The molecule has 0 radical (unpaired) electrons. The largest absolute Gasteiger partial charge is 0.493 e. The summed E-state index contributed by atoms with van der Waals surface area (Å²) in [5.74, 6) is 0.829. The van der Waals surface area contributed by atoms with E-state index < -0.39 is 12.8 Å². The first-order chi connectivity index (χ1) is 13.8. The number of ether oxygens (including phenoxy) is 3. The summed E-state index contributed by atoms with van der Waals surface area (Å²) in [4.78, 5) is 4.18. The zero-order chi connectivity index (χ0) is 21.3. The van der Waals surface area contributed by atoms with Gasteiger partial charge in [-0.05, 0) is 30.5 Å². The minimum absolute atomic E-state index is 0.0308. The minimum atomic E-state index is -4.42. The number of alkyl halides is 3. The zero-order valence-corrected chi connectivity index (χ0v) is 16.6. The van der Waals surface area contributed by atoms with Crippen LogP contribution in [0.3, 0.4) is 0 Å². The van der Waals surface area contributed by atoms with E-state index in [4.69, 9.17) is 14.2 Å². The Bertz CT molecular complexity index is 677. The highest BCUT2D eigenvalue weighted by Crippen LogP contribution is 2.31. The highest BCUT2D eigenvalue weighted by atomic mass is 19.4. The molecule has 0 amide bonds.